The van der Waals surface area contributed by atoms with Crippen LogP contribution in [0.25, 0.3) is 0 Å². The smallest absolute Gasteiger partial charge is 0.324 e. The van der Waals surface area contributed by atoms with Gasteiger partial charge in [0.1, 0.15) is 5.54 Å². The van der Waals surface area contributed by atoms with Gasteiger partial charge in [-0.2, -0.15) is 0 Å². The Morgan fingerprint density at radius 3 is 2.79 bits per heavy atom. The van der Waals surface area contributed by atoms with Gasteiger partial charge in [-0.15, -0.1) is 0 Å². The lowest BCUT2D eigenvalue weighted by Crippen LogP contribution is -2.59. The summed E-state index contributed by atoms with van der Waals surface area (Å²) < 4.78 is 5.48. The van der Waals surface area contributed by atoms with Crippen LogP contribution >= 0.6 is 0 Å². The van der Waals surface area contributed by atoms with E-state index < -0.39 is 11.5 Å². The summed E-state index contributed by atoms with van der Waals surface area (Å²) >= 11 is 0. The molecule has 0 aromatic carbocycles. The van der Waals surface area contributed by atoms with E-state index in [1.54, 1.807) is 14.0 Å². The molecule has 1 rings (SSSR count). The minimum atomic E-state index is -0.880. The van der Waals surface area contributed by atoms with E-state index in [-0.39, 0.29) is 6.10 Å². The third-order valence-electron chi connectivity index (χ3n) is 4.05. The number of carboxylic acid groups (broad SMARTS) is 1. The average molecular weight is 272 g/mol. The lowest BCUT2D eigenvalue weighted by atomic mass is 9.93. The van der Waals surface area contributed by atoms with Crippen LogP contribution in [0, 0.1) is 5.92 Å². The minimum absolute atomic E-state index is 0.206. The first-order chi connectivity index (χ1) is 8.92. The van der Waals surface area contributed by atoms with Gasteiger partial charge in [0.05, 0.1) is 6.10 Å². The number of carboxylic acids is 1. The number of likely N-dealkylation sites (tertiary alicyclic amines) is 1. The maximum atomic E-state index is 11.5. The van der Waals surface area contributed by atoms with E-state index in [1.165, 1.54) is 0 Å². The van der Waals surface area contributed by atoms with Crippen molar-refractivity contribution in [3.05, 3.63) is 0 Å². The maximum absolute atomic E-state index is 11.5. The lowest BCUT2D eigenvalue weighted by molar-refractivity contribution is -0.145. The molecule has 1 aliphatic rings. The summed E-state index contributed by atoms with van der Waals surface area (Å²) in [7, 11) is 1.73. The maximum Gasteiger partial charge on any atom is 0.324 e. The molecular weight excluding hydrogens is 244 g/mol. The highest BCUT2D eigenvalue weighted by atomic mass is 16.5. The van der Waals surface area contributed by atoms with E-state index in [4.69, 9.17) is 4.74 Å². The van der Waals surface area contributed by atoms with Crippen LogP contribution < -0.4 is 5.32 Å². The fourth-order valence-electron chi connectivity index (χ4n) is 2.60. The Morgan fingerprint density at radius 1 is 1.58 bits per heavy atom. The highest BCUT2D eigenvalue weighted by Crippen LogP contribution is 2.21. The van der Waals surface area contributed by atoms with E-state index in [0.717, 1.165) is 32.5 Å². The van der Waals surface area contributed by atoms with Crippen molar-refractivity contribution in [1.82, 2.24) is 10.2 Å². The quantitative estimate of drug-likeness (QED) is 0.729. The van der Waals surface area contributed by atoms with Crippen molar-refractivity contribution < 1.29 is 14.6 Å². The highest BCUT2D eigenvalue weighted by molar-refractivity contribution is 5.78. The fourth-order valence-corrected chi connectivity index (χ4v) is 2.60. The van der Waals surface area contributed by atoms with Crippen LogP contribution in [0.4, 0.5) is 0 Å². The molecule has 1 heterocycles. The summed E-state index contributed by atoms with van der Waals surface area (Å²) in [5, 5.41) is 12.6. The Kier molecular flexibility index (Phi) is 6.23. The van der Waals surface area contributed by atoms with Gasteiger partial charge < -0.3 is 15.2 Å². The van der Waals surface area contributed by atoms with Crippen LogP contribution in [0.1, 0.15) is 33.6 Å². The molecule has 3 atom stereocenters. The molecule has 1 saturated heterocycles. The van der Waals surface area contributed by atoms with Crippen molar-refractivity contribution in [3.8, 4) is 0 Å². The summed E-state index contributed by atoms with van der Waals surface area (Å²) in [5.41, 5.74) is -0.880. The molecule has 19 heavy (non-hydrogen) atoms. The number of aliphatic carboxylic acids is 1. The number of carbonyl (C=O) groups is 1. The van der Waals surface area contributed by atoms with Crippen molar-refractivity contribution in [2.75, 3.05) is 33.3 Å². The third-order valence-corrected chi connectivity index (χ3v) is 4.05. The standard InChI is InChI=1S/C14H28N2O3/c1-5-7-15-14(3,13(17)18)10-16-8-6-11(2)12(9-16)19-4/h11-12,15H,5-10H2,1-4H3,(H,17,18). The first-order valence-corrected chi connectivity index (χ1v) is 7.16. The number of rotatable bonds is 7. The molecule has 1 aliphatic heterocycles. The number of nitrogens with one attached hydrogen (secondary N) is 1. The first kappa shape index (κ1) is 16.4. The van der Waals surface area contributed by atoms with Crippen molar-refractivity contribution in [1.29, 1.82) is 0 Å². The molecule has 5 heteroatoms. The molecule has 3 unspecified atom stereocenters. The normalized spacial score (nSPS) is 28.0. The monoisotopic (exact) mass is 272 g/mol. The summed E-state index contributed by atoms with van der Waals surface area (Å²) in [6.45, 7) is 9.00. The van der Waals surface area contributed by atoms with Crippen molar-refractivity contribution in [3.63, 3.8) is 0 Å². The molecule has 0 aliphatic carbocycles. The Bertz CT molecular complexity index is 298. The zero-order chi connectivity index (χ0) is 14.5. The van der Waals surface area contributed by atoms with Crippen LogP contribution in [0.15, 0.2) is 0 Å². The van der Waals surface area contributed by atoms with Gasteiger partial charge in [0.25, 0.3) is 0 Å². The van der Waals surface area contributed by atoms with E-state index in [9.17, 15) is 9.90 Å². The molecule has 0 aromatic rings. The Hall–Kier alpha value is -0.650. The molecule has 5 nitrogen and oxygen atoms in total. The summed E-state index contributed by atoms with van der Waals surface area (Å²) in [5.74, 6) is -0.241. The van der Waals surface area contributed by atoms with Crippen LogP contribution in [-0.2, 0) is 9.53 Å². The zero-order valence-electron chi connectivity index (χ0n) is 12.6. The van der Waals surface area contributed by atoms with Crippen molar-refractivity contribution in [2.24, 2.45) is 5.92 Å². The molecule has 0 aromatic heterocycles. The predicted octanol–water partition coefficient (Wildman–Crippen LogP) is 1.19. The Balaban J connectivity index is 2.61. The minimum Gasteiger partial charge on any atom is -0.480 e. The molecule has 0 amide bonds. The van der Waals surface area contributed by atoms with Gasteiger partial charge in [-0.25, -0.2) is 0 Å². The molecule has 0 bridgehead atoms. The topological polar surface area (TPSA) is 61.8 Å². The summed E-state index contributed by atoms with van der Waals surface area (Å²) in [6, 6.07) is 0. The van der Waals surface area contributed by atoms with Gasteiger partial charge in [-0.05, 0) is 38.8 Å². The predicted molar refractivity (Wildman–Crippen MR) is 75.4 cm³/mol. The second-order valence-electron chi connectivity index (χ2n) is 5.84. The van der Waals surface area contributed by atoms with Crippen LogP contribution in [0.2, 0.25) is 0 Å². The van der Waals surface area contributed by atoms with E-state index in [2.05, 4.69) is 17.1 Å². The van der Waals surface area contributed by atoms with Crippen LogP contribution in [0.5, 0.6) is 0 Å². The van der Waals surface area contributed by atoms with Crippen molar-refractivity contribution >= 4 is 5.97 Å². The van der Waals surface area contributed by atoms with Gasteiger partial charge in [0.2, 0.25) is 0 Å². The number of nitrogens with zero attached hydrogens (tertiary/aromatic N) is 1. The largest absolute Gasteiger partial charge is 0.480 e. The fraction of sp³-hybridized carbons (Fsp3) is 0.929. The number of ether oxygens (including phenoxy) is 1. The zero-order valence-corrected chi connectivity index (χ0v) is 12.6. The van der Waals surface area contributed by atoms with Crippen LogP contribution in [-0.4, -0.2) is 60.9 Å². The first-order valence-electron chi connectivity index (χ1n) is 7.16. The SMILES string of the molecule is CCCNC(C)(CN1CCC(C)C(OC)C1)C(=O)O. The van der Waals surface area contributed by atoms with E-state index in [1.807, 2.05) is 6.92 Å². The number of hydrogen-bond acceptors (Lipinski definition) is 4. The Labute approximate surface area is 116 Å². The van der Waals surface area contributed by atoms with Gasteiger partial charge in [-0.3, -0.25) is 9.69 Å². The van der Waals surface area contributed by atoms with Gasteiger partial charge >= 0.3 is 5.97 Å². The van der Waals surface area contributed by atoms with E-state index >= 15 is 0 Å². The molecule has 0 spiro atoms. The number of hydrogen-bond donors (Lipinski definition) is 2. The number of methoxy groups -OCH3 is 1. The summed E-state index contributed by atoms with van der Waals surface area (Å²) in [6.07, 6.45) is 2.20. The Morgan fingerprint density at radius 2 is 2.26 bits per heavy atom. The molecule has 0 radical (unpaired) electrons. The third kappa shape index (κ3) is 4.44. The molecule has 112 valence electrons. The molecule has 2 N–H and O–H groups in total. The van der Waals surface area contributed by atoms with Gasteiger partial charge in [0.15, 0.2) is 0 Å². The van der Waals surface area contributed by atoms with Crippen molar-refractivity contribution in [2.45, 2.75) is 45.3 Å². The number of piperidine rings is 1. The molecule has 0 saturated carbocycles. The second-order valence-corrected chi connectivity index (χ2v) is 5.84. The molecular formula is C14H28N2O3. The summed E-state index contributed by atoms with van der Waals surface area (Å²) in [4.78, 5) is 13.7. The van der Waals surface area contributed by atoms with Gasteiger partial charge in [0, 0.05) is 20.2 Å². The average Bonchev–Trinajstić information content (AvgIpc) is 2.38. The van der Waals surface area contributed by atoms with Gasteiger partial charge in [-0.1, -0.05) is 13.8 Å². The highest BCUT2D eigenvalue weighted by Gasteiger charge is 2.37. The second kappa shape index (κ2) is 7.22. The van der Waals surface area contributed by atoms with E-state index in [0.29, 0.717) is 12.5 Å². The van der Waals surface area contributed by atoms with Crippen LogP contribution in [0.3, 0.4) is 0 Å². The molecule has 1 fully saturated rings. The lowest BCUT2D eigenvalue weighted by Gasteiger charge is -2.40.